The molecule has 0 aromatic heterocycles. The van der Waals surface area contributed by atoms with E-state index in [1.165, 1.54) is 70.6 Å². The molecule has 1 rings (SSSR count). The molecule has 1 saturated carbocycles. The fourth-order valence-electron chi connectivity index (χ4n) is 5.48. The molecule has 0 aliphatic heterocycles. The lowest BCUT2D eigenvalue weighted by molar-refractivity contribution is -0.318. The Kier molecular flexibility index (Phi) is 12.5. The lowest BCUT2D eigenvalue weighted by atomic mass is 9.78. The first-order valence-corrected chi connectivity index (χ1v) is 13.5. The lowest BCUT2D eigenvalue weighted by Gasteiger charge is -2.48. The summed E-state index contributed by atoms with van der Waals surface area (Å²) >= 11 is 0. The molecule has 1 aliphatic rings. The molecule has 2 nitrogen and oxygen atoms in total. The van der Waals surface area contributed by atoms with Gasteiger partial charge in [-0.1, -0.05) is 100 Å². The molecule has 0 aromatic carbocycles. The Balaban J connectivity index is 3.14. The van der Waals surface area contributed by atoms with Crippen LogP contribution in [0.5, 0.6) is 0 Å². The number of ether oxygens (including phenoxy) is 2. The normalized spacial score (nSPS) is 19.6. The standard InChI is InChI=1S/C28H56O2/c1-9-13-18-24(26(5,6)20-11-3)29-28(22-16-15-17-23-28)30-25(19-14-10-2)27(7,8)21-12-4/h24-25H,9-23H2,1-8H3. The van der Waals surface area contributed by atoms with E-state index in [1.807, 2.05) is 0 Å². The molecule has 0 heterocycles. The van der Waals surface area contributed by atoms with Crippen LogP contribution in [0.15, 0.2) is 0 Å². The molecule has 1 aliphatic carbocycles. The minimum atomic E-state index is -0.370. The van der Waals surface area contributed by atoms with E-state index < -0.39 is 0 Å². The molecular formula is C28H56O2. The molecule has 0 saturated heterocycles. The van der Waals surface area contributed by atoms with Gasteiger partial charge in [-0.2, -0.15) is 0 Å². The molecule has 2 unspecified atom stereocenters. The van der Waals surface area contributed by atoms with Crippen molar-refractivity contribution in [2.45, 2.75) is 170 Å². The maximum atomic E-state index is 7.16. The molecule has 2 atom stereocenters. The Labute approximate surface area is 190 Å². The van der Waals surface area contributed by atoms with Crippen molar-refractivity contribution in [3.63, 3.8) is 0 Å². The van der Waals surface area contributed by atoms with E-state index in [2.05, 4.69) is 55.4 Å². The van der Waals surface area contributed by atoms with E-state index in [1.54, 1.807) is 0 Å². The highest BCUT2D eigenvalue weighted by atomic mass is 16.7. The molecule has 0 amide bonds. The van der Waals surface area contributed by atoms with E-state index in [4.69, 9.17) is 9.47 Å². The first-order chi connectivity index (χ1) is 14.2. The van der Waals surface area contributed by atoms with Crippen LogP contribution >= 0.6 is 0 Å². The SMILES string of the molecule is CCCCC(OC1(OC(CCCC)C(C)(C)CCC)CCCCC1)C(C)(C)CCC. The first kappa shape index (κ1) is 28.0. The minimum absolute atomic E-state index is 0.204. The summed E-state index contributed by atoms with van der Waals surface area (Å²) in [4.78, 5) is 0. The molecule has 2 heteroatoms. The van der Waals surface area contributed by atoms with Crippen LogP contribution in [0.2, 0.25) is 0 Å². The second-order valence-electron chi connectivity index (χ2n) is 11.4. The van der Waals surface area contributed by atoms with Crippen molar-refractivity contribution < 1.29 is 9.47 Å². The molecular weight excluding hydrogens is 368 g/mol. The van der Waals surface area contributed by atoms with Gasteiger partial charge < -0.3 is 9.47 Å². The zero-order valence-electron chi connectivity index (χ0n) is 22.1. The van der Waals surface area contributed by atoms with Crippen LogP contribution in [0, 0.1) is 10.8 Å². The Bertz CT molecular complexity index is 400. The van der Waals surface area contributed by atoms with E-state index >= 15 is 0 Å². The summed E-state index contributed by atoms with van der Waals surface area (Å²) in [5.41, 5.74) is 0.408. The third-order valence-electron chi connectivity index (χ3n) is 7.50. The highest BCUT2D eigenvalue weighted by Gasteiger charge is 2.44. The van der Waals surface area contributed by atoms with Crippen molar-refractivity contribution in [1.29, 1.82) is 0 Å². The van der Waals surface area contributed by atoms with Gasteiger partial charge in [0.1, 0.15) is 0 Å². The molecule has 0 aromatic rings. The van der Waals surface area contributed by atoms with Crippen LogP contribution in [0.4, 0.5) is 0 Å². The van der Waals surface area contributed by atoms with Crippen LogP contribution in [0.25, 0.3) is 0 Å². The van der Waals surface area contributed by atoms with E-state index in [0.717, 1.165) is 25.7 Å². The van der Waals surface area contributed by atoms with Crippen LogP contribution < -0.4 is 0 Å². The van der Waals surface area contributed by atoms with Crippen LogP contribution in [-0.4, -0.2) is 18.0 Å². The molecule has 0 bridgehead atoms. The van der Waals surface area contributed by atoms with Crippen LogP contribution in [-0.2, 0) is 9.47 Å². The smallest absolute Gasteiger partial charge is 0.169 e. The van der Waals surface area contributed by atoms with Gasteiger partial charge in [-0.3, -0.25) is 0 Å². The molecule has 1 fully saturated rings. The maximum Gasteiger partial charge on any atom is 0.169 e. The van der Waals surface area contributed by atoms with Crippen molar-refractivity contribution in [3.05, 3.63) is 0 Å². The highest BCUT2D eigenvalue weighted by molar-refractivity contribution is 4.88. The summed E-state index contributed by atoms with van der Waals surface area (Å²) in [7, 11) is 0. The molecule has 180 valence electrons. The zero-order chi connectivity index (χ0) is 22.7. The summed E-state index contributed by atoms with van der Waals surface area (Å²) < 4.78 is 14.3. The van der Waals surface area contributed by atoms with Gasteiger partial charge >= 0.3 is 0 Å². The second-order valence-corrected chi connectivity index (χ2v) is 11.4. The van der Waals surface area contributed by atoms with Crippen molar-refractivity contribution in [3.8, 4) is 0 Å². The fraction of sp³-hybridized carbons (Fsp3) is 1.00. The van der Waals surface area contributed by atoms with Gasteiger partial charge in [0.2, 0.25) is 0 Å². The van der Waals surface area contributed by atoms with Gasteiger partial charge in [-0.05, 0) is 49.4 Å². The Morgan fingerprint density at radius 2 is 1.03 bits per heavy atom. The van der Waals surface area contributed by atoms with Gasteiger partial charge in [-0.25, -0.2) is 0 Å². The average Bonchev–Trinajstić information content (AvgIpc) is 2.69. The van der Waals surface area contributed by atoms with Crippen LogP contribution in [0.1, 0.15) is 152 Å². The monoisotopic (exact) mass is 424 g/mol. The van der Waals surface area contributed by atoms with Gasteiger partial charge in [0.05, 0.1) is 12.2 Å². The van der Waals surface area contributed by atoms with E-state index in [9.17, 15) is 0 Å². The summed E-state index contributed by atoms with van der Waals surface area (Å²) in [5, 5.41) is 0. The van der Waals surface area contributed by atoms with Gasteiger partial charge in [0.15, 0.2) is 5.79 Å². The minimum Gasteiger partial charge on any atom is -0.346 e. The van der Waals surface area contributed by atoms with Crippen molar-refractivity contribution in [2.24, 2.45) is 10.8 Å². The van der Waals surface area contributed by atoms with Gasteiger partial charge in [0.25, 0.3) is 0 Å². The predicted molar refractivity (Wildman–Crippen MR) is 132 cm³/mol. The molecule has 0 N–H and O–H groups in total. The fourth-order valence-corrected chi connectivity index (χ4v) is 5.48. The quantitative estimate of drug-likeness (QED) is 0.230. The van der Waals surface area contributed by atoms with Crippen molar-refractivity contribution >= 4 is 0 Å². The molecule has 0 spiro atoms. The maximum absolute atomic E-state index is 7.16. The van der Waals surface area contributed by atoms with Crippen molar-refractivity contribution in [2.75, 3.05) is 0 Å². The highest BCUT2D eigenvalue weighted by Crippen LogP contribution is 2.44. The van der Waals surface area contributed by atoms with Gasteiger partial charge in [-0.15, -0.1) is 0 Å². The Morgan fingerprint density at radius 1 is 0.633 bits per heavy atom. The van der Waals surface area contributed by atoms with Gasteiger partial charge in [0, 0.05) is 12.8 Å². The number of hydrogen-bond acceptors (Lipinski definition) is 2. The predicted octanol–water partition coefficient (Wildman–Crippen LogP) is 9.45. The summed E-state index contributed by atoms with van der Waals surface area (Å²) in [5.74, 6) is -0.370. The number of rotatable bonds is 16. The lowest BCUT2D eigenvalue weighted by Crippen LogP contribution is -2.50. The molecule has 30 heavy (non-hydrogen) atoms. The second kappa shape index (κ2) is 13.5. The average molecular weight is 425 g/mol. The first-order valence-electron chi connectivity index (χ1n) is 13.5. The summed E-state index contributed by atoms with van der Waals surface area (Å²) in [6, 6.07) is 0. The van der Waals surface area contributed by atoms with E-state index in [-0.39, 0.29) is 28.8 Å². The third kappa shape index (κ3) is 8.81. The third-order valence-corrected chi connectivity index (χ3v) is 7.50. The van der Waals surface area contributed by atoms with E-state index in [0.29, 0.717) is 0 Å². The topological polar surface area (TPSA) is 18.5 Å². The number of hydrogen-bond donors (Lipinski definition) is 0. The number of unbranched alkanes of at least 4 members (excludes halogenated alkanes) is 2. The van der Waals surface area contributed by atoms with Crippen LogP contribution in [0.3, 0.4) is 0 Å². The summed E-state index contributed by atoms with van der Waals surface area (Å²) in [6.45, 7) is 18.9. The summed E-state index contributed by atoms with van der Waals surface area (Å²) in [6.07, 6.45) is 18.7. The zero-order valence-corrected chi connectivity index (χ0v) is 22.1. The Hall–Kier alpha value is -0.0800. The largest absolute Gasteiger partial charge is 0.346 e. The van der Waals surface area contributed by atoms with Crippen molar-refractivity contribution in [1.82, 2.24) is 0 Å². The molecule has 0 radical (unpaired) electrons. The Morgan fingerprint density at radius 3 is 1.37 bits per heavy atom.